The Kier molecular flexibility index (Phi) is 4.08. The van der Waals surface area contributed by atoms with Gasteiger partial charge >= 0.3 is 0 Å². The van der Waals surface area contributed by atoms with E-state index >= 15 is 0 Å². The Hall–Kier alpha value is -2.00. The number of pyridine rings is 1. The third-order valence-corrected chi connectivity index (χ3v) is 5.04. The predicted molar refractivity (Wildman–Crippen MR) is 77.5 cm³/mol. The zero-order chi connectivity index (χ0) is 15.6. The molecule has 0 spiro atoms. The van der Waals surface area contributed by atoms with Gasteiger partial charge in [0.2, 0.25) is 27.6 Å². The van der Waals surface area contributed by atoms with E-state index < -0.39 is 10.0 Å². The van der Waals surface area contributed by atoms with Crippen LogP contribution >= 0.6 is 0 Å². The Bertz CT molecular complexity index is 738. The number of hydrogen-bond acceptors (Lipinski definition) is 7. The summed E-state index contributed by atoms with van der Waals surface area (Å²) in [6.07, 6.45) is 3.00. The Balaban J connectivity index is 1.65. The average molecular weight is 324 g/mol. The minimum Gasteiger partial charge on any atom is -0.478 e. The van der Waals surface area contributed by atoms with E-state index in [9.17, 15) is 8.42 Å². The second-order valence-corrected chi connectivity index (χ2v) is 6.94. The van der Waals surface area contributed by atoms with Gasteiger partial charge in [0.05, 0.1) is 18.4 Å². The average Bonchev–Trinajstić information content (AvgIpc) is 3.27. The Labute approximate surface area is 128 Å². The lowest BCUT2D eigenvalue weighted by molar-refractivity contribution is 0.327. The van der Waals surface area contributed by atoms with Crippen LogP contribution in [0.4, 0.5) is 0 Å². The molecule has 2 aromatic rings. The van der Waals surface area contributed by atoms with E-state index in [0.717, 1.165) is 0 Å². The van der Waals surface area contributed by atoms with Crippen molar-refractivity contribution in [3.05, 3.63) is 24.2 Å². The Morgan fingerprint density at radius 3 is 2.86 bits per heavy atom. The van der Waals surface area contributed by atoms with Crippen molar-refractivity contribution in [2.45, 2.75) is 31.6 Å². The minimum atomic E-state index is -3.26. The highest BCUT2D eigenvalue weighted by Gasteiger charge is 2.35. The van der Waals surface area contributed by atoms with Gasteiger partial charge in [-0.2, -0.15) is 4.98 Å². The molecule has 1 aliphatic carbocycles. The normalized spacial score (nSPS) is 15.0. The summed E-state index contributed by atoms with van der Waals surface area (Å²) < 4.78 is 36.2. The van der Waals surface area contributed by atoms with Crippen molar-refractivity contribution < 1.29 is 17.7 Å². The second kappa shape index (κ2) is 6.01. The molecule has 8 nitrogen and oxygen atoms in total. The molecule has 3 rings (SSSR count). The highest BCUT2D eigenvalue weighted by Crippen LogP contribution is 2.27. The minimum absolute atomic E-state index is 0.00368. The number of nitrogens with zero attached hydrogens (tertiary/aromatic N) is 3. The zero-order valence-electron chi connectivity index (χ0n) is 12.0. The van der Waals surface area contributed by atoms with Crippen LogP contribution in [0.5, 0.6) is 5.88 Å². The summed E-state index contributed by atoms with van der Waals surface area (Å²) in [5, 5.41) is 3.55. The van der Waals surface area contributed by atoms with Crippen LogP contribution < -0.4 is 9.46 Å². The SMILES string of the molecule is CCOc1ccc(-c2noc(CNS(=O)(=O)C3CC3)n2)cn1. The topological polar surface area (TPSA) is 107 Å². The monoisotopic (exact) mass is 324 g/mol. The third kappa shape index (κ3) is 3.42. The van der Waals surface area contributed by atoms with E-state index in [2.05, 4.69) is 19.8 Å². The predicted octanol–water partition coefficient (Wildman–Crippen LogP) is 1.11. The molecule has 0 atom stereocenters. The van der Waals surface area contributed by atoms with Crippen LogP contribution in [0.1, 0.15) is 25.7 Å². The van der Waals surface area contributed by atoms with Crippen LogP contribution in [0, 0.1) is 0 Å². The Morgan fingerprint density at radius 2 is 2.23 bits per heavy atom. The summed E-state index contributed by atoms with van der Waals surface area (Å²) in [5.74, 6) is 1.09. The molecule has 0 aliphatic heterocycles. The fourth-order valence-corrected chi connectivity index (χ4v) is 3.17. The van der Waals surface area contributed by atoms with Crippen molar-refractivity contribution in [1.82, 2.24) is 19.8 Å². The molecule has 1 saturated carbocycles. The van der Waals surface area contributed by atoms with Crippen LogP contribution in [0.15, 0.2) is 22.9 Å². The maximum atomic E-state index is 11.7. The standard InChI is InChI=1S/C13H16N4O4S/c1-2-20-11-6-3-9(7-14-11)13-16-12(21-17-13)8-15-22(18,19)10-4-5-10/h3,6-7,10,15H,2,4-5,8H2,1H3. The molecule has 9 heteroatoms. The van der Waals surface area contributed by atoms with Gasteiger partial charge in [-0.15, -0.1) is 0 Å². The molecule has 2 heterocycles. The molecule has 0 saturated heterocycles. The summed E-state index contributed by atoms with van der Waals surface area (Å²) in [4.78, 5) is 8.27. The molecule has 22 heavy (non-hydrogen) atoms. The molecule has 0 amide bonds. The summed E-state index contributed by atoms with van der Waals surface area (Å²) in [5.41, 5.74) is 0.670. The van der Waals surface area contributed by atoms with Gasteiger partial charge in [-0.05, 0) is 25.8 Å². The van der Waals surface area contributed by atoms with E-state index in [-0.39, 0.29) is 17.7 Å². The lowest BCUT2D eigenvalue weighted by atomic mass is 10.3. The van der Waals surface area contributed by atoms with Crippen LogP contribution in [0.2, 0.25) is 0 Å². The van der Waals surface area contributed by atoms with Crippen LogP contribution in [0.25, 0.3) is 11.4 Å². The summed E-state index contributed by atoms with van der Waals surface area (Å²) in [7, 11) is -3.26. The summed E-state index contributed by atoms with van der Waals surface area (Å²) in [6.45, 7) is 2.42. The van der Waals surface area contributed by atoms with E-state index in [4.69, 9.17) is 9.26 Å². The summed E-state index contributed by atoms with van der Waals surface area (Å²) in [6, 6.07) is 3.48. The maximum Gasteiger partial charge on any atom is 0.242 e. The van der Waals surface area contributed by atoms with Crippen molar-refractivity contribution in [3.63, 3.8) is 0 Å². The van der Waals surface area contributed by atoms with Gasteiger partial charge in [0.25, 0.3) is 0 Å². The number of ether oxygens (including phenoxy) is 1. The number of hydrogen-bond donors (Lipinski definition) is 1. The molecule has 1 fully saturated rings. The third-order valence-electron chi connectivity index (χ3n) is 3.14. The first-order chi connectivity index (χ1) is 10.6. The van der Waals surface area contributed by atoms with Gasteiger partial charge in [-0.25, -0.2) is 18.1 Å². The van der Waals surface area contributed by atoms with Crippen molar-refractivity contribution in [3.8, 4) is 17.3 Å². The maximum absolute atomic E-state index is 11.7. The van der Waals surface area contributed by atoms with Crippen LogP contribution in [-0.4, -0.2) is 35.4 Å². The molecule has 0 aromatic carbocycles. The smallest absolute Gasteiger partial charge is 0.242 e. The lowest BCUT2D eigenvalue weighted by Gasteiger charge is -2.01. The number of rotatable bonds is 7. The largest absolute Gasteiger partial charge is 0.478 e. The highest BCUT2D eigenvalue weighted by molar-refractivity contribution is 7.90. The quantitative estimate of drug-likeness (QED) is 0.813. The van der Waals surface area contributed by atoms with Crippen molar-refractivity contribution in [1.29, 1.82) is 0 Å². The van der Waals surface area contributed by atoms with E-state index in [0.29, 0.717) is 36.7 Å². The second-order valence-electron chi connectivity index (χ2n) is 4.90. The molecule has 2 aromatic heterocycles. The van der Waals surface area contributed by atoms with Gasteiger partial charge < -0.3 is 9.26 Å². The first-order valence-corrected chi connectivity index (χ1v) is 8.53. The molecular formula is C13H16N4O4S. The van der Waals surface area contributed by atoms with E-state index in [1.807, 2.05) is 6.92 Å². The van der Waals surface area contributed by atoms with E-state index in [1.165, 1.54) is 0 Å². The molecule has 118 valence electrons. The van der Waals surface area contributed by atoms with Crippen molar-refractivity contribution in [2.24, 2.45) is 0 Å². The van der Waals surface area contributed by atoms with Crippen molar-refractivity contribution in [2.75, 3.05) is 6.61 Å². The molecule has 0 radical (unpaired) electrons. The molecule has 0 bridgehead atoms. The molecule has 1 N–H and O–H groups in total. The highest BCUT2D eigenvalue weighted by atomic mass is 32.2. The first-order valence-electron chi connectivity index (χ1n) is 6.99. The first kappa shape index (κ1) is 14.9. The van der Waals surface area contributed by atoms with Gasteiger partial charge in [0.1, 0.15) is 0 Å². The molecule has 1 aliphatic rings. The molecular weight excluding hydrogens is 308 g/mol. The van der Waals surface area contributed by atoms with Crippen molar-refractivity contribution >= 4 is 10.0 Å². The van der Waals surface area contributed by atoms with E-state index in [1.54, 1.807) is 18.3 Å². The fraction of sp³-hybridized carbons (Fsp3) is 0.462. The lowest BCUT2D eigenvalue weighted by Crippen LogP contribution is -2.26. The van der Waals surface area contributed by atoms with Crippen LogP contribution in [-0.2, 0) is 16.6 Å². The van der Waals surface area contributed by atoms with Gasteiger partial charge in [-0.3, -0.25) is 0 Å². The number of nitrogens with one attached hydrogen (secondary N) is 1. The fourth-order valence-electron chi connectivity index (χ4n) is 1.85. The van der Waals surface area contributed by atoms with Gasteiger partial charge in [0, 0.05) is 17.8 Å². The number of aromatic nitrogens is 3. The Morgan fingerprint density at radius 1 is 1.41 bits per heavy atom. The van der Waals surface area contributed by atoms with Crippen LogP contribution in [0.3, 0.4) is 0 Å². The summed E-state index contributed by atoms with van der Waals surface area (Å²) >= 11 is 0. The number of sulfonamides is 1. The van der Waals surface area contributed by atoms with Gasteiger partial charge in [-0.1, -0.05) is 5.16 Å². The zero-order valence-corrected chi connectivity index (χ0v) is 12.8. The molecule has 0 unspecified atom stereocenters. The van der Waals surface area contributed by atoms with Gasteiger partial charge in [0.15, 0.2) is 0 Å².